The minimum Gasteiger partial charge on any atom is -0.348 e. The van der Waals surface area contributed by atoms with Crippen LogP contribution in [-0.4, -0.2) is 34.5 Å². The number of aryl methyl sites for hydroxylation is 2. The molecule has 2 aromatic carbocycles. The van der Waals surface area contributed by atoms with E-state index in [4.69, 9.17) is 0 Å². The summed E-state index contributed by atoms with van der Waals surface area (Å²) in [4.78, 5) is 33.1. The summed E-state index contributed by atoms with van der Waals surface area (Å²) in [7, 11) is 0. The number of hydrogen-bond acceptors (Lipinski definition) is 4. The molecule has 0 aliphatic carbocycles. The van der Waals surface area contributed by atoms with E-state index in [2.05, 4.69) is 22.4 Å². The van der Waals surface area contributed by atoms with Crippen LogP contribution in [0, 0.1) is 6.92 Å². The van der Waals surface area contributed by atoms with Crippen LogP contribution in [0.15, 0.2) is 65.7 Å². The van der Waals surface area contributed by atoms with Crippen molar-refractivity contribution in [2.45, 2.75) is 44.2 Å². The normalized spacial score (nSPS) is 12.8. The lowest BCUT2D eigenvalue weighted by Gasteiger charge is -2.30. The maximum absolute atomic E-state index is 12.8. The molecule has 1 aromatic heterocycles. The molecule has 170 valence electrons. The van der Waals surface area contributed by atoms with Crippen LogP contribution in [-0.2, 0) is 30.7 Å². The van der Waals surface area contributed by atoms with Gasteiger partial charge in [0.1, 0.15) is 0 Å². The summed E-state index contributed by atoms with van der Waals surface area (Å²) in [6.45, 7) is 3.69. The van der Waals surface area contributed by atoms with Crippen LogP contribution >= 0.6 is 11.8 Å². The van der Waals surface area contributed by atoms with Gasteiger partial charge in [-0.15, -0.1) is 11.8 Å². The molecule has 6 heteroatoms. The first-order valence-corrected chi connectivity index (χ1v) is 12.5. The van der Waals surface area contributed by atoms with Crippen molar-refractivity contribution in [3.8, 4) is 0 Å². The number of nitrogens with zero attached hydrogens (tertiary/aromatic N) is 2. The topological polar surface area (TPSA) is 62.3 Å². The minimum absolute atomic E-state index is 0.0783. The largest absolute Gasteiger partial charge is 0.348 e. The number of pyridine rings is 1. The first-order valence-electron chi connectivity index (χ1n) is 11.3. The van der Waals surface area contributed by atoms with Crippen molar-refractivity contribution < 1.29 is 9.59 Å². The number of thioether (sulfide) groups is 1. The van der Waals surface area contributed by atoms with E-state index in [1.165, 1.54) is 11.1 Å². The molecule has 2 amide bonds. The van der Waals surface area contributed by atoms with E-state index in [-0.39, 0.29) is 11.8 Å². The Morgan fingerprint density at radius 3 is 2.64 bits per heavy atom. The van der Waals surface area contributed by atoms with Gasteiger partial charge in [-0.1, -0.05) is 42.5 Å². The Kier molecular flexibility index (Phi) is 7.45. The Morgan fingerprint density at radius 1 is 1.09 bits per heavy atom. The fraction of sp³-hybridized carbons (Fsp3) is 0.296. The first kappa shape index (κ1) is 23.1. The van der Waals surface area contributed by atoms with Crippen LogP contribution in [0.25, 0.3) is 0 Å². The van der Waals surface area contributed by atoms with Crippen LogP contribution in [0.3, 0.4) is 0 Å². The molecule has 0 saturated heterocycles. The van der Waals surface area contributed by atoms with Crippen LogP contribution in [0.1, 0.15) is 44.7 Å². The van der Waals surface area contributed by atoms with Gasteiger partial charge in [0.05, 0.1) is 5.56 Å². The lowest BCUT2D eigenvalue weighted by molar-refractivity contribution is -0.132. The monoisotopic (exact) mass is 459 g/mol. The van der Waals surface area contributed by atoms with E-state index >= 15 is 0 Å². The highest BCUT2D eigenvalue weighted by atomic mass is 32.2. The van der Waals surface area contributed by atoms with Crippen LogP contribution in [0.2, 0.25) is 0 Å². The van der Waals surface area contributed by atoms with Crippen molar-refractivity contribution in [2.24, 2.45) is 0 Å². The van der Waals surface area contributed by atoms with Gasteiger partial charge in [-0.3, -0.25) is 14.6 Å². The molecule has 0 fully saturated rings. The number of amides is 2. The molecule has 2 heterocycles. The number of carbonyl (C=O) groups excluding carboxylic acids is 2. The van der Waals surface area contributed by atoms with Gasteiger partial charge in [-0.25, -0.2) is 0 Å². The number of fused-ring (bicyclic) bond motifs is 1. The highest BCUT2D eigenvalue weighted by Gasteiger charge is 2.24. The average molecular weight is 460 g/mol. The number of benzene rings is 2. The summed E-state index contributed by atoms with van der Waals surface area (Å²) < 4.78 is 0. The molecule has 0 atom stereocenters. The summed E-state index contributed by atoms with van der Waals surface area (Å²) >= 11 is 1.57. The van der Waals surface area contributed by atoms with E-state index in [1.807, 2.05) is 66.7 Å². The molecule has 0 radical (unpaired) electrons. The van der Waals surface area contributed by atoms with E-state index in [0.717, 1.165) is 34.6 Å². The SMILES string of the molecule is CSc1ccccc1C(=O)NCc1c(C)ncc2c1CCN(C(=O)CCc1ccccc1)C2. The molecule has 1 N–H and O–H groups in total. The van der Waals surface area contributed by atoms with Crippen molar-refractivity contribution >= 4 is 23.6 Å². The fourth-order valence-electron chi connectivity index (χ4n) is 4.32. The van der Waals surface area contributed by atoms with Gasteiger partial charge in [0.15, 0.2) is 0 Å². The fourth-order valence-corrected chi connectivity index (χ4v) is 4.91. The molecular formula is C27H29N3O2S. The van der Waals surface area contributed by atoms with Gasteiger partial charge >= 0.3 is 0 Å². The van der Waals surface area contributed by atoms with Gasteiger partial charge in [-0.2, -0.15) is 0 Å². The van der Waals surface area contributed by atoms with Crippen molar-refractivity contribution in [2.75, 3.05) is 12.8 Å². The second-order valence-corrected chi connectivity index (χ2v) is 9.11. The highest BCUT2D eigenvalue weighted by Crippen LogP contribution is 2.25. The summed E-state index contributed by atoms with van der Waals surface area (Å²) in [6, 6.07) is 17.8. The second kappa shape index (κ2) is 10.7. The van der Waals surface area contributed by atoms with Gasteiger partial charge in [0.2, 0.25) is 5.91 Å². The van der Waals surface area contributed by atoms with Crippen LogP contribution in [0.4, 0.5) is 0 Å². The highest BCUT2D eigenvalue weighted by molar-refractivity contribution is 7.98. The van der Waals surface area contributed by atoms with Gasteiger partial charge in [0.25, 0.3) is 5.91 Å². The van der Waals surface area contributed by atoms with Gasteiger partial charge < -0.3 is 10.2 Å². The van der Waals surface area contributed by atoms with Crippen molar-refractivity contribution in [1.82, 2.24) is 15.2 Å². The zero-order valence-corrected chi connectivity index (χ0v) is 20.0. The minimum atomic E-state index is -0.0783. The van der Waals surface area contributed by atoms with Crippen molar-refractivity contribution in [3.63, 3.8) is 0 Å². The summed E-state index contributed by atoms with van der Waals surface area (Å²) in [5, 5.41) is 3.08. The summed E-state index contributed by atoms with van der Waals surface area (Å²) in [6.07, 6.45) is 5.90. The Labute approximate surface area is 199 Å². The van der Waals surface area contributed by atoms with Crippen LogP contribution in [0.5, 0.6) is 0 Å². The molecule has 4 rings (SSSR count). The quantitative estimate of drug-likeness (QED) is 0.526. The lowest BCUT2D eigenvalue weighted by Crippen LogP contribution is -2.37. The Hall–Kier alpha value is -3.12. The summed E-state index contributed by atoms with van der Waals surface area (Å²) in [5.41, 5.74) is 6.16. The molecule has 33 heavy (non-hydrogen) atoms. The van der Waals surface area contributed by atoms with Gasteiger partial charge in [0, 0.05) is 42.8 Å². The predicted octanol–water partition coefficient (Wildman–Crippen LogP) is 4.56. The molecular weight excluding hydrogens is 430 g/mol. The Bertz CT molecular complexity index is 1150. The molecule has 0 unspecified atom stereocenters. The lowest BCUT2D eigenvalue weighted by atomic mass is 9.94. The predicted molar refractivity (Wildman–Crippen MR) is 132 cm³/mol. The standard InChI is InChI=1S/C27H29N3O2S/c1-19-24(17-29-27(32)23-10-6-7-11-25(23)33-2)22-14-15-30(18-21(22)16-28-19)26(31)13-12-20-8-4-3-5-9-20/h3-11,16H,12-15,17-18H2,1-2H3,(H,29,32). The van der Waals surface area contributed by atoms with E-state index in [0.29, 0.717) is 31.6 Å². The summed E-state index contributed by atoms with van der Waals surface area (Å²) in [5.74, 6) is 0.0964. The molecule has 3 aromatic rings. The van der Waals surface area contributed by atoms with E-state index in [9.17, 15) is 9.59 Å². The molecule has 0 bridgehead atoms. The molecule has 0 spiro atoms. The number of nitrogens with one attached hydrogen (secondary N) is 1. The second-order valence-electron chi connectivity index (χ2n) is 8.26. The number of hydrogen-bond donors (Lipinski definition) is 1. The maximum atomic E-state index is 12.8. The number of rotatable bonds is 7. The Morgan fingerprint density at radius 2 is 1.85 bits per heavy atom. The third kappa shape index (κ3) is 5.45. The van der Waals surface area contributed by atoms with Crippen molar-refractivity contribution in [3.05, 3.63) is 94.3 Å². The maximum Gasteiger partial charge on any atom is 0.252 e. The third-order valence-electron chi connectivity index (χ3n) is 6.20. The molecule has 5 nitrogen and oxygen atoms in total. The molecule has 1 aliphatic heterocycles. The van der Waals surface area contributed by atoms with Crippen molar-refractivity contribution in [1.29, 1.82) is 0 Å². The smallest absolute Gasteiger partial charge is 0.252 e. The number of carbonyl (C=O) groups is 2. The van der Waals surface area contributed by atoms with E-state index in [1.54, 1.807) is 11.8 Å². The Balaban J connectivity index is 1.42. The third-order valence-corrected chi connectivity index (χ3v) is 6.99. The first-order chi connectivity index (χ1) is 16.1. The van der Waals surface area contributed by atoms with Crippen LogP contribution < -0.4 is 5.32 Å². The molecule has 1 aliphatic rings. The zero-order chi connectivity index (χ0) is 23.2. The van der Waals surface area contributed by atoms with Gasteiger partial charge in [-0.05, 0) is 60.4 Å². The zero-order valence-electron chi connectivity index (χ0n) is 19.1. The average Bonchev–Trinajstić information content (AvgIpc) is 2.86. The molecule has 0 saturated carbocycles. The number of aromatic nitrogens is 1. The van der Waals surface area contributed by atoms with E-state index < -0.39 is 0 Å².